The normalized spacial score (nSPS) is 10.9. The molecule has 2 aromatic heterocycles. The SMILES string of the molecule is Cc1onc(-c2ccccc2Cl)c1C(=O)Nc1nc(-c2ccc(Cl)c(Cl)c2)cs1. The van der Waals surface area contributed by atoms with Gasteiger partial charge in [-0.05, 0) is 25.1 Å². The molecule has 0 fully saturated rings. The molecular weight excluding hydrogens is 453 g/mol. The highest BCUT2D eigenvalue weighted by atomic mass is 35.5. The van der Waals surface area contributed by atoms with Crippen molar-refractivity contribution in [3.8, 4) is 22.5 Å². The number of aryl methyl sites for hydroxylation is 1. The van der Waals surface area contributed by atoms with Crippen LogP contribution in [-0.2, 0) is 0 Å². The molecule has 0 radical (unpaired) electrons. The number of thiazole rings is 1. The number of carbonyl (C=O) groups is 1. The number of rotatable bonds is 4. The van der Waals surface area contributed by atoms with Crippen molar-refractivity contribution in [2.45, 2.75) is 6.92 Å². The van der Waals surface area contributed by atoms with E-state index in [1.807, 2.05) is 17.5 Å². The molecule has 0 aliphatic carbocycles. The lowest BCUT2D eigenvalue weighted by Crippen LogP contribution is -2.13. The van der Waals surface area contributed by atoms with Crippen molar-refractivity contribution in [1.82, 2.24) is 10.1 Å². The van der Waals surface area contributed by atoms with Crippen LogP contribution in [0.5, 0.6) is 0 Å². The minimum absolute atomic E-state index is 0.310. The molecule has 29 heavy (non-hydrogen) atoms. The number of amides is 1. The van der Waals surface area contributed by atoms with Crippen molar-refractivity contribution in [2.24, 2.45) is 0 Å². The maximum absolute atomic E-state index is 12.9. The maximum Gasteiger partial charge on any atom is 0.263 e. The number of anilines is 1. The van der Waals surface area contributed by atoms with Crippen LogP contribution in [0, 0.1) is 6.92 Å². The van der Waals surface area contributed by atoms with Crippen molar-refractivity contribution in [2.75, 3.05) is 5.32 Å². The van der Waals surface area contributed by atoms with Crippen LogP contribution in [0.4, 0.5) is 5.13 Å². The van der Waals surface area contributed by atoms with Gasteiger partial charge in [0.05, 0.1) is 20.8 Å². The third kappa shape index (κ3) is 4.02. The van der Waals surface area contributed by atoms with E-state index in [4.69, 9.17) is 39.3 Å². The second kappa shape index (κ2) is 8.16. The van der Waals surface area contributed by atoms with Crippen molar-refractivity contribution in [3.05, 3.63) is 74.2 Å². The molecule has 2 aromatic carbocycles. The number of nitrogens with zero attached hydrogens (tertiary/aromatic N) is 2. The van der Waals surface area contributed by atoms with E-state index < -0.39 is 0 Å². The summed E-state index contributed by atoms with van der Waals surface area (Å²) in [5.74, 6) is 0.00684. The Bertz CT molecular complexity index is 1220. The number of aromatic nitrogens is 2. The predicted molar refractivity (Wildman–Crippen MR) is 117 cm³/mol. The third-order valence-corrected chi connectivity index (χ3v) is 5.99. The van der Waals surface area contributed by atoms with Crippen LogP contribution in [0.1, 0.15) is 16.1 Å². The summed E-state index contributed by atoms with van der Waals surface area (Å²) >= 11 is 19.6. The zero-order valence-electron chi connectivity index (χ0n) is 14.9. The first-order chi connectivity index (χ1) is 13.9. The highest BCUT2D eigenvalue weighted by Gasteiger charge is 2.24. The van der Waals surface area contributed by atoms with Gasteiger partial charge in [-0.15, -0.1) is 11.3 Å². The molecule has 0 atom stereocenters. The second-order valence-electron chi connectivity index (χ2n) is 6.06. The largest absolute Gasteiger partial charge is 0.360 e. The van der Waals surface area contributed by atoms with E-state index in [-0.39, 0.29) is 5.91 Å². The molecule has 4 rings (SSSR count). The standard InChI is InChI=1S/C20H12Cl3N3O2S/c1-10-17(18(26-28-10)12-4-2-3-5-13(12)21)19(27)25-20-24-16(9-29-20)11-6-7-14(22)15(23)8-11/h2-9H,1H3,(H,24,25,27). The van der Waals surface area contributed by atoms with Crippen LogP contribution < -0.4 is 5.32 Å². The average Bonchev–Trinajstić information content (AvgIpc) is 3.31. The Hall–Kier alpha value is -2.38. The Morgan fingerprint density at radius 3 is 2.62 bits per heavy atom. The van der Waals surface area contributed by atoms with Crippen molar-refractivity contribution in [3.63, 3.8) is 0 Å². The van der Waals surface area contributed by atoms with Crippen molar-refractivity contribution >= 4 is 57.2 Å². The molecule has 2 heterocycles. The lowest BCUT2D eigenvalue weighted by molar-refractivity contribution is 0.102. The minimum atomic E-state index is -0.381. The van der Waals surface area contributed by atoms with Gasteiger partial charge in [0.1, 0.15) is 17.0 Å². The number of halogens is 3. The van der Waals surface area contributed by atoms with E-state index in [0.29, 0.717) is 48.5 Å². The summed E-state index contributed by atoms with van der Waals surface area (Å²) < 4.78 is 5.25. The van der Waals surface area contributed by atoms with E-state index in [2.05, 4.69) is 15.5 Å². The quantitative estimate of drug-likeness (QED) is 0.353. The van der Waals surface area contributed by atoms with Crippen LogP contribution >= 0.6 is 46.1 Å². The van der Waals surface area contributed by atoms with E-state index in [1.165, 1.54) is 11.3 Å². The molecular formula is C20H12Cl3N3O2S. The van der Waals surface area contributed by atoms with Crippen LogP contribution in [0.25, 0.3) is 22.5 Å². The second-order valence-corrected chi connectivity index (χ2v) is 8.14. The average molecular weight is 465 g/mol. The molecule has 0 aliphatic heterocycles. The van der Waals surface area contributed by atoms with Crippen molar-refractivity contribution < 1.29 is 9.32 Å². The van der Waals surface area contributed by atoms with Crippen LogP contribution in [0.2, 0.25) is 15.1 Å². The highest BCUT2D eigenvalue weighted by molar-refractivity contribution is 7.14. The Labute approximate surface area is 185 Å². The molecule has 0 saturated carbocycles. The van der Waals surface area contributed by atoms with Crippen molar-refractivity contribution in [1.29, 1.82) is 0 Å². The summed E-state index contributed by atoms with van der Waals surface area (Å²) in [5.41, 5.74) is 2.79. The highest BCUT2D eigenvalue weighted by Crippen LogP contribution is 2.33. The van der Waals surface area contributed by atoms with Gasteiger partial charge < -0.3 is 4.52 Å². The number of benzene rings is 2. The Kier molecular flexibility index (Phi) is 5.61. The summed E-state index contributed by atoms with van der Waals surface area (Å²) in [7, 11) is 0. The van der Waals surface area contributed by atoms with Gasteiger partial charge in [0, 0.05) is 16.5 Å². The topological polar surface area (TPSA) is 68.0 Å². The van der Waals surface area contributed by atoms with E-state index in [9.17, 15) is 4.79 Å². The first-order valence-electron chi connectivity index (χ1n) is 8.37. The smallest absolute Gasteiger partial charge is 0.263 e. The molecule has 1 amide bonds. The molecule has 1 N–H and O–H groups in total. The fourth-order valence-electron chi connectivity index (χ4n) is 2.76. The van der Waals surface area contributed by atoms with E-state index in [1.54, 1.807) is 37.3 Å². The molecule has 0 saturated heterocycles. The van der Waals surface area contributed by atoms with Gasteiger partial charge in [0.15, 0.2) is 5.13 Å². The molecule has 9 heteroatoms. The molecule has 4 aromatic rings. The summed E-state index contributed by atoms with van der Waals surface area (Å²) in [4.78, 5) is 17.4. The molecule has 0 unspecified atom stereocenters. The lowest BCUT2D eigenvalue weighted by Gasteiger charge is -2.04. The number of carbonyl (C=O) groups excluding carboxylic acids is 1. The predicted octanol–water partition coefficient (Wildman–Crippen LogP) is 6.99. The fraction of sp³-hybridized carbons (Fsp3) is 0.0500. The number of hydrogen-bond donors (Lipinski definition) is 1. The zero-order valence-corrected chi connectivity index (χ0v) is 18.0. The van der Waals surface area contributed by atoms with Crippen LogP contribution in [0.15, 0.2) is 52.4 Å². The molecule has 0 bridgehead atoms. The minimum Gasteiger partial charge on any atom is -0.360 e. The van der Waals surface area contributed by atoms with E-state index in [0.717, 1.165) is 5.56 Å². The molecule has 5 nitrogen and oxygen atoms in total. The fourth-order valence-corrected chi connectivity index (χ4v) is 3.99. The summed E-state index contributed by atoms with van der Waals surface area (Å²) in [6, 6.07) is 12.4. The summed E-state index contributed by atoms with van der Waals surface area (Å²) in [6.07, 6.45) is 0. The van der Waals surface area contributed by atoms with E-state index >= 15 is 0 Å². The van der Waals surface area contributed by atoms with Gasteiger partial charge in [-0.2, -0.15) is 0 Å². The monoisotopic (exact) mass is 463 g/mol. The zero-order chi connectivity index (χ0) is 20.5. The lowest BCUT2D eigenvalue weighted by atomic mass is 10.1. The van der Waals surface area contributed by atoms with Crippen LogP contribution in [0.3, 0.4) is 0 Å². The maximum atomic E-state index is 12.9. The number of hydrogen-bond acceptors (Lipinski definition) is 5. The van der Waals surface area contributed by atoms with Gasteiger partial charge in [0.25, 0.3) is 5.91 Å². The first-order valence-corrected chi connectivity index (χ1v) is 10.4. The third-order valence-electron chi connectivity index (χ3n) is 4.16. The molecule has 0 aliphatic rings. The van der Waals surface area contributed by atoms with Gasteiger partial charge in [-0.25, -0.2) is 4.98 Å². The van der Waals surface area contributed by atoms with Gasteiger partial charge in [0.2, 0.25) is 0 Å². The first kappa shape index (κ1) is 19.9. The van der Waals surface area contributed by atoms with Gasteiger partial charge in [-0.3, -0.25) is 10.1 Å². The number of nitrogens with one attached hydrogen (secondary N) is 1. The van der Waals surface area contributed by atoms with Gasteiger partial charge in [-0.1, -0.05) is 64.2 Å². The molecule has 0 spiro atoms. The van der Waals surface area contributed by atoms with Crippen LogP contribution in [-0.4, -0.2) is 16.0 Å². The molecule has 146 valence electrons. The van der Waals surface area contributed by atoms with Gasteiger partial charge >= 0.3 is 0 Å². The summed E-state index contributed by atoms with van der Waals surface area (Å²) in [5, 5.41) is 10.5. The Morgan fingerprint density at radius 2 is 1.86 bits per heavy atom. The summed E-state index contributed by atoms with van der Waals surface area (Å²) in [6.45, 7) is 1.67. The Balaban J connectivity index is 1.61. The Morgan fingerprint density at radius 1 is 1.07 bits per heavy atom.